The molecule has 0 saturated carbocycles. The number of hydrogen-bond acceptors (Lipinski definition) is 3. The van der Waals surface area contributed by atoms with E-state index >= 15 is 0 Å². The van der Waals surface area contributed by atoms with E-state index in [-0.39, 0.29) is 18.2 Å². The van der Waals surface area contributed by atoms with Gasteiger partial charge in [-0.25, -0.2) is 4.68 Å². The monoisotopic (exact) mass is 412 g/mol. The number of anilines is 2. The molecule has 140 valence electrons. The second-order valence-corrected chi connectivity index (χ2v) is 7.77. The molecule has 1 atom stereocenters. The zero-order chi connectivity index (χ0) is 19.5. The minimum Gasteiger partial charge on any atom is -0.325 e. The first-order valence-corrected chi connectivity index (χ1v) is 9.45. The van der Waals surface area contributed by atoms with E-state index in [2.05, 4.69) is 15.7 Å². The molecule has 28 heavy (non-hydrogen) atoms. The third-order valence-electron chi connectivity index (χ3n) is 5.34. The van der Waals surface area contributed by atoms with Crippen LogP contribution >= 0.6 is 23.2 Å². The third-order valence-corrected chi connectivity index (χ3v) is 5.94. The molecule has 0 unspecified atom stereocenters. The summed E-state index contributed by atoms with van der Waals surface area (Å²) in [6.07, 6.45) is 1.64. The van der Waals surface area contributed by atoms with Gasteiger partial charge in [-0.1, -0.05) is 41.4 Å². The largest absolute Gasteiger partial charge is 0.325 e. The molecule has 2 aliphatic heterocycles. The van der Waals surface area contributed by atoms with Crippen LogP contribution in [0.1, 0.15) is 23.1 Å². The molecule has 0 aliphatic carbocycles. The Morgan fingerprint density at radius 1 is 1.07 bits per heavy atom. The molecule has 1 spiro atoms. The molecular weight excluding hydrogens is 399 g/mol. The van der Waals surface area contributed by atoms with Gasteiger partial charge < -0.3 is 10.6 Å². The number of hydrogen-bond donors (Lipinski definition) is 2. The smallest absolute Gasteiger partial charge is 0.240 e. The van der Waals surface area contributed by atoms with Crippen molar-refractivity contribution in [3.8, 4) is 0 Å². The summed E-state index contributed by atoms with van der Waals surface area (Å²) in [4.78, 5) is 25.7. The Bertz CT molecular complexity index is 1160. The summed E-state index contributed by atoms with van der Waals surface area (Å²) in [6, 6.07) is 12.6. The van der Waals surface area contributed by atoms with Crippen LogP contribution in [0.3, 0.4) is 0 Å². The van der Waals surface area contributed by atoms with Gasteiger partial charge in [0.15, 0.2) is 0 Å². The summed E-state index contributed by atoms with van der Waals surface area (Å²) >= 11 is 12.5. The van der Waals surface area contributed by atoms with E-state index in [0.717, 1.165) is 5.56 Å². The Morgan fingerprint density at radius 2 is 1.89 bits per heavy atom. The van der Waals surface area contributed by atoms with Crippen molar-refractivity contribution in [2.24, 2.45) is 0 Å². The number of benzene rings is 2. The van der Waals surface area contributed by atoms with Crippen molar-refractivity contribution < 1.29 is 9.59 Å². The van der Waals surface area contributed by atoms with E-state index < -0.39 is 5.41 Å². The van der Waals surface area contributed by atoms with Crippen molar-refractivity contribution in [2.75, 3.05) is 10.6 Å². The minimum absolute atomic E-state index is 0.00301. The lowest BCUT2D eigenvalue weighted by atomic mass is 9.72. The predicted molar refractivity (Wildman–Crippen MR) is 107 cm³/mol. The number of halogens is 2. The van der Waals surface area contributed by atoms with Gasteiger partial charge in [-0.05, 0) is 35.4 Å². The summed E-state index contributed by atoms with van der Waals surface area (Å²) in [5.74, 6) is -0.00584. The number of carbonyl (C=O) groups excluding carboxylic acids is 2. The predicted octanol–water partition coefficient (Wildman–Crippen LogP) is 3.82. The van der Waals surface area contributed by atoms with Gasteiger partial charge in [-0.3, -0.25) is 9.59 Å². The van der Waals surface area contributed by atoms with Crippen LogP contribution in [-0.2, 0) is 21.5 Å². The standard InChI is InChI=1S/C20H14Cl2N4O2/c21-12-5-6-16-13(7-12)20(19(28)24-16)8-17(27)25-18-14(20)9-23-26(18)10-11-3-1-2-4-15(11)22/h1-7,9H,8,10H2,(H,24,28)(H,25,27)/t20-/m0/s1. The zero-order valence-electron chi connectivity index (χ0n) is 14.5. The average Bonchev–Trinajstić information content (AvgIpc) is 3.18. The normalized spacial score (nSPS) is 19.9. The lowest BCUT2D eigenvalue weighted by Gasteiger charge is -2.31. The van der Waals surface area contributed by atoms with E-state index in [9.17, 15) is 9.59 Å². The van der Waals surface area contributed by atoms with E-state index in [1.807, 2.05) is 18.2 Å². The summed E-state index contributed by atoms with van der Waals surface area (Å²) in [5, 5.41) is 11.3. The van der Waals surface area contributed by atoms with Crippen LogP contribution in [0.25, 0.3) is 0 Å². The summed E-state index contributed by atoms with van der Waals surface area (Å²) in [6.45, 7) is 0.370. The summed E-state index contributed by atoms with van der Waals surface area (Å²) < 4.78 is 1.66. The highest BCUT2D eigenvalue weighted by atomic mass is 35.5. The number of nitrogens with one attached hydrogen (secondary N) is 2. The second kappa shape index (κ2) is 6.09. The van der Waals surface area contributed by atoms with Crippen LogP contribution in [0.2, 0.25) is 10.0 Å². The van der Waals surface area contributed by atoms with Crippen LogP contribution in [0.5, 0.6) is 0 Å². The Kier molecular flexibility index (Phi) is 3.76. The lowest BCUT2D eigenvalue weighted by molar-refractivity contribution is -0.125. The van der Waals surface area contributed by atoms with Crippen LogP contribution < -0.4 is 10.6 Å². The number of amides is 2. The molecule has 0 saturated heterocycles. The van der Waals surface area contributed by atoms with Crippen molar-refractivity contribution in [3.05, 3.63) is 75.4 Å². The first-order valence-electron chi connectivity index (χ1n) is 8.70. The Labute approximate surface area is 170 Å². The molecule has 3 aromatic rings. The van der Waals surface area contributed by atoms with Gasteiger partial charge in [0.25, 0.3) is 0 Å². The van der Waals surface area contributed by atoms with Crippen LogP contribution in [0.15, 0.2) is 48.7 Å². The molecule has 0 fully saturated rings. The minimum atomic E-state index is -1.14. The fraction of sp³-hybridized carbons (Fsp3) is 0.150. The van der Waals surface area contributed by atoms with Gasteiger partial charge in [-0.15, -0.1) is 0 Å². The molecule has 2 aromatic carbocycles. The van der Waals surface area contributed by atoms with Gasteiger partial charge in [0, 0.05) is 27.7 Å². The molecule has 0 bridgehead atoms. The number of aromatic nitrogens is 2. The topological polar surface area (TPSA) is 76.0 Å². The molecule has 2 N–H and O–H groups in total. The Balaban J connectivity index is 1.67. The van der Waals surface area contributed by atoms with Gasteiger partial charge in [0.2, 0.25) is 11.8 Å². The molecule has 6 nitrogen and oxygen atoms in total. The number of fused-ring (bicyclic) bond motifs is 4. The van der Waals surface area contributed by atoms with Gasteiger partial charge >= 0.3 is 0 Å². The van der Waals surface area contributed by atoms with Crippen LogP contribution in [-0.4, -0.2) is 21.6 Å². The van der Waals surface area contributed by atoms with Crippen molar-refractivity contribution in [1.29, 1.82) is 0 Å². The van der Waals surface area contributed by atoms with Gasteiger partial charge in [0.05, 0.1) is 12.7 Å². The lowest BCUT2D eigenvalue weighted by Crippen LogP contribution is -2.43. The molecular formula is C20H14Cl2N4O2. The summed E-state index contributed by atoms with van der Waals surface area (Å²) in [5.41, 5.74) is 1.73. The molecule has 3 heterocycles. The Hall–Kier alpha value is -2.83. The van der Waals surface area contributed by atoms with E-state index in [1.165, 1.54) is 0 Å². The summed E-state index contributed by atoms with van der Waals surface area (Å²) in [7, 11) is 0. The van der Waals surface area contributed by atoms with Gasteiger partial charge in [-0.2, -0.15) is 5.10 Å². The fourth-order valence-corrected chi connectivity index (χ4v) is 4.39. The highest BCUT2D eigenvalue weighted by molar-refractivity contribution is 6.31. The van der Waals surface area contributed by atoms with E-state index in [4.69, 9.17) is 23.2 Å². The second-order valence-electron chi connectivity index (χ2n) is 6.93. The molecule has 0 radical (unpaired) electrons. The molecule has 8 heteroatoms. The average molecular weight is 413 g/mol. The third kappa shape index (κ3) is 2.38. The number of carbonyl (C=O) groups is 2. The molecule has 2 aliphatic rings. The highest BCUT2D eigenvalue weighted by Gasteiger charge is 2.54. The van der Waals surface area contributed by atoms with Crippen molar-refractivity contribution >= 4 is 46.5 Å². The van der Waals surface area contributed by atoms with Gasteiger partial charge in [0.1, 0.15) is 11.2 Å². The van der Waals surface area contributed by atoms with Crippen LogP contribution in [0, 0.1) is 0 Å². The van der Waals surface area contributed by atoms with E-state index in [0.29, 0.717) is 39.2 Å². The Morgan fingerprint density at radius 3 is 2.71 bits per heavy atom. The number of nitrogens with zero attached hydrogens (tertiary/aromatic N) is 2. The first-order chi connectivity index (χ1) is 13.5. The van der Waals surface area contributed by atoms with Crippen LogP contribution in [0.4, 0.5) is 11.5 Å². The fourth-order valence-electron chi connectivity index (χ4n) is 4.02. The van der Waals surface area contributed by atoms with E-state index in [1.54, 1.807) is 35.1 Å². The van der Waals surface area contributed by atoms with Crippen molar-refractivity contribution in [3.63, 3.8) is 0 Å². The maximum atomic E-state index is 13.1. The quantitative estimate of drug-likeness (QED) is 0.671. The maximum absolute atomic E-state index is 13.1. The van der Waals surface area contributed by atoms with Crippen molar-refractivity contribution in [1.82, 2.24) is 9.78 Å². The molecule has 2 amide bonds. The van der Waals surface area contributed by atoms with Crippen molar-refractivity contribution in [2.45, 2.75) is 18.4 Å². The molecule has 1 aromatic heterocycles. The number of rotatable bonds is 2. The zero-order valence-corrected chi connectivity index (χ0v) is 16.0. The maximum Gasteiger partial charge on any atom is 0.240 e. The SMILES string of the molecule is O=C1C[C@@]2(C(=O)Nc3ccc(Cl)cc32)c2cnn(Cc3ccccc3Cl)c2N1. The highest BCUT2D eigenvalue weighted by Crippen LogP contribution is 2.50. The molecule has 5 rings (SSSR count). The first kappa shape index (κ1) is 17.3.